The van der Waals surface area contributed by atoms with E-state index in [1.54, 1.807) is 30.4 Å². The van der Waals surface area contributed by atoms with E-state index < -0.39 is 5.25 Å². The predicted molar refractivity (Wildman–Crippen MR) is 127 cm³/mol. The molecule has 1 unspecified atom stereocenters. The van der Waals surface area contributed by atoms with Gasteiger partial charge >= 0.3 is 0 Å². The summed E-state index contributed by atoms with van der Waals surface area (Å²) in [6.07, 6.45) is 3.44. The maximum atomic E-state index is 13.5. The summed E-state index contributed by atoms with van der Waals surface area (Å²) in [6.45, 7) is 2.76. The van der Waals surface area contributed by atoms with Gasteiger partial charge in [-0.15, -0.1) is 10.2 Å². The first-order valence-electron chi connectivity index (χ1n) is 10.5. The average molecular weight is 462 g/mol. The number of halogens is 1. The number of thioether (sulfide) groups is 1. The van der Waals surface area contributed by atoms with Crippen LogP contribution in [0.2, 0.25) is 0 Å². The van der Waals surface area contributed by atoms with Gasteiger partial charge in [0.1, 0.15) is 5.82 Å². The molecule has 0 spiro atoms. The Morgan fingerprint density at radius 2 is 1.76 bits per heavy atom. The molecule has 0 aliphatic carbocycles. The fraction of sp³-hybridized carbons (Fsp3) is 0.200. The molecule has 8 heteroatoms. The average Bonchev–Trinajstić information content (AvgIpc) is 3.21. The van der Waals surface area contributed by atoms with Gasteiger partial charge in [0.25, 0.3) is 0 Å². The van der Waals surface area contributed by atoms with Crippen LogP contribution in [0.25, 0.3) is 11.4 Å². The molecule has 33 heavy (non-hydrogen) atoms. The van der Waals surface area contributed by atoms with Gasteiger partial charge in [-0.05, 0) is 42.3 Å². The lowest BCUT2D eigenvalue weighted by molar-refractivity contribution is -0.129. The van der Waals surface area contributed by atoms with Gasteiger partial charge in [0.2, 0.25) is 5.91 Å². The first-order valence-corrected chi connectivity index (χ1v) is 11.4. The molecule has 0 saturated carbocycles. The summed E-state index contributed by atoms with van der Waals surface area (Å²) in [7, 11) is 1.72. The highest BCUT2D eigenvalue weighted by Gasteiger charge is 2.23. The maximum absolute atomic E-state index is 13.5. The third-order valence-electron chi connectivity index (χ3n) is 5.15. The van der Waals surface area contributed by atoms with Gasteiger partial charge in [-0.25, -0.2) is 4.39 Å². The van der Waals surface area contributed by atoms with Crippen molar-refractivity contribution in [3.63, 3.8) is 0 Å². The van der Waals surface area contributed by atoms with E-state index in [1.807, 2.05) is 60.0 Å². The Bertz CT molecular complexity index is 1220. The molecule has 1 atom stereocenters. The lowest BCUT2D eigenvalue weighted by Gasteiger charge is -2.21. The molecule has 6 nitrogen and oxygen atoms in total. The number of carbonyl (C=O) groups is 1. The van der Waals surface area contributed by atoms with Crippen molar-refractivity contribution in [1.29, 1.82) is 0 Å². The zero-order valence-corrected chi connectivity index (χ0v) is 19.2. The third-order valence-corrected chi connectivity index (χ3v) is 6.22. The summed E-state index contributed by atoms with van der Waals surface area (Å²) in [5, 5.41) is 9.08. The van der Waals surface area contributed by atoms with Crippen LogP contribution < -0.4 is 0 Å². The minimum atomic E-state index is -0.396. The fourth-order valence-corrected chi connectivity index (χ4v) is 4.47. The van der Waals surface area contributed by atoms with Crippen molar-refractivity contribution in [3.8, 4) is 11.4 Å². The van der Waals surface area contributed by atoms with Gasteiger partial charge in [0, 0.05) is 31.5 Å². The van der Waals surface area contributed by atoms with Gasteiger partial charge in [-0.1, -0.05) is 54.2 Å². The summed E-state index contributed by atoms with van der Waals surface area (Å²) in [4.78, 5) is 18.7. The molecule has 0 fully saturated rings. The summed E-state index contributed by atoms with van der Waals surface area (Å²) in [5.41, 5.74) is 2.76. The Morgan fingerprint density at radius 3 is 2.48 bits per heavy atom. The zero-order chi connectivity index (χ0) is 23.2. The van der Waals surface area contributed by atoms with Crippen LogP contribution in [0.3, 0.4) is 0 Å². The number of pyridine rings is 1. The number of benzene rings is 2. The lowest BCUT2D eigenvalue weighted by Crippen LogP contribution is -2.33. The van der Waals surface area contributed by atoms with Gasteiger partial charge in [0.05, 0.1) is 11.8 Å². The highest BCUT2D eigenvalue weighted by atomic mass is 32.2. The quantitative estimate of drug-likeness (QED) is 0.357. The smallest absolute Gasteiger partial charge is 0.235 e. The monoisotopic (exact) mass is 461 g/mol. The number of amides is 1. The first-order chi connectivity index (χ1) is 16.0. The van der Waals surface area contributed by atoms with Crippen molar-refractivity contribution in [1.82, 2.24) is 24.6 Å². The molecule has 0 N–H and O–H groups in total. The van der Waals surface area contributed by atoms with E-state index in [0.29, 0.717) is 18.2 Å². The van der Waals surface area contributed by atoms with Crippen LogP contribution in [-0.4, -0.2) is 42.9 Å². The van der Waals surface area contributed by atoms with E-state index >= 15 is 0 Å². The second kappa shape index (κ2) is 10.4. The molecule has 4 rings (SSSR count). The number of aromatic nitrogens is 4. The topological polar surface area (TPSA) is 63.9 Å². The Kier molecular flexibility index (Phi) is 7.14. The molecule has 2 aromatic heterocycles. The van der Waals surface area contributed by atoms with Crippen LogP contribution in [0.1, 0.15) is 18.1 Å². The largest absolute Gasteiger partial charge is 0.340 e. The normalized spacial score (nSPS) is 11.8. The zero-order valence-electron chi connectivity index (χ0n) is 18.4. The SMILES string of the molecule is CC(Sc1nnc(-c2ccncc2)n1Cc1ccccc1)C(=O)N(C)Cc1cccc(F)c1. The molecule has 0 aliphatic rings. The van der Waals surface area contributed by atoms with Gasteiger partial charge < -0.3 is 4.90 Å². The number of hydrogen-bond acceptors (Lipinski definition) is 5. The third kappa shape index (κ3) is 5.64. The molecular formula is C25H24FN5OS. The molecule has 0 bridgehead atoms. The second-order valence-corrected chi connectivity index (χ2v) is 9.01. The van der Waals surface area contributed by atoms with Crippen LogP contribution in [0.4, 0.5) is 4.39 Å². The molecule has 0 saturated heterocycles. The van der Waals surface area contributed by atoms with Crippen molar-refractivity contribution < 1.29 is 9.18 Å². The molecule has 2 aromatic carbocycles. The van der Waals surface area contributed by atoms with E-state index in [9.17, 15) is 9.18 Å². The fourth-order valence-electron chi connectivity index (χ4n) is 3.50. The van der Waals surface area contributed by atoms with Crippen LogP contribution in [0.15, 0.2) is 84.3 Å². The number of carbonyl (C=O) groups excluding carboxylic acids is 1. The van der Waals surface area contributed by atoms with Gasteiger partial charge in [-0.2, -0.15) is 0 Å². The highest BCUT2D eigenvalue weighted by molar-refractivity contribution is 8.00. The van der Waals surface area contributed by atoms with E-state index in [2.05, 4.69) is 15.2 Å². The Balaban J connectivity index is 1.55. The Labute approximate surface area is 196 Å². The van der Waals surface area contributed by atoms with E-state index in [1.165, 1.54) is 23.9 Å². The molecule has 0 radical (unpaired) electrons. The second-order valence-electron chi connectivity index (χ2n) is 7.70. The molecular weight excluding hydrogens is 437 g/mol. The lowest BCUT2D eigenvalue weighted by atomic mass is 10.2. The summed E-state index contributed by atoms with van der Waals surface area (Å²) in [5.74, 6) is 0.342. The minimum Gasteiger partial charge on any atom is -0.340 e. The standard InChI is InChI=1S/C25H24FN5OS/c1-18(24(32)30(2)16-20-9-6-10-22(26)15-20)33-25-29-28-23(21-11-13-27-14-12-21)31(25)17-19-7-4-3-5-8-19/h3-15,18H,16-17H2,1-2H3. The van der Waals surface area contributed by atoms with Gasteiger partial charge in [-0.3, -0.25) is 14.3 Å². The molecule has 1 amide bonds. The van der Waals surface area contributed by atoms with Gasteiger partial charge in [0.15, 0.2) is 11.0 Å². The van der Waals surface area contributed by atoms with Crippen LogP contribution >= 0.6 is 11.8 Å². The summed E-state index contributed by atoms with van der Waals surface area (Å²) < 4.78 is 15.5. The first kappa shape index (κ1) is 22.7. The minimum absolute atomic E-state index is 0.0658. The molecule has 2 heterocycles. The van der Waals surface area contributed by atoms with E-state index in [-0.39, 0.29) is 11.7 Å². The number of nitrogens with zero attached hydrogens (tertiary/aromatic N) is 5. The van der Waals surface area contributed by atoms with Crippen molar-refractivity contribution in [2.75, 3.05) is 7.05 Å². The van der Waals surface area contributed by atoms with Crippen molar-refractivity contribution in [3.05, 3.63) is 96.1 Å². The van der Waals surface area contributed by atoms with Crippen molar-refractivity contribution in [2.24, 2.45) is 0 Å². The van der Waals surface area contributed by atoms with E-state index in [4.69, 9.17) is 0 Å². The van der Waals surface area contributed by atoms with Crippen molar-refractivity contribution in [2.45, 2.75) is 30.4 Å². The van der Waals surface area contributed by atoms with Crippen molar-refractivity contribution >= 4 is 17.7 Å². The Morgan fingerprint density at radius 1 is 1.03 bits per heavy atom. The van der Waals surface area contributed by atoms with Crippen LogP contribution in [0, 0.1) is 5.82 Å². The summed E-state index contributed by atoms with van der Waals surface area (Å²) >= 11 is 1.36. The van der Waals surface area contributed by atoms with Crippen LogP contribution in [0.5, 0.6) is 0 Å². The maximum Gasteiger partial charge on any atom is 0.235 e. The predicted octanol–water partition coefficient (Wildman–Crippen LogP) is 4.67. The summed E-state index contributed by atoms with van der Waals surface area (Å²) in [6, 6.07) is 20.1. The van der Waals surface area contributed by atoms with Crippen LogP contribution in [-0.2, 0) is 17.9 Å². The molecule has 0 aliphatic heterocycles. The Hall–Kier alpha value is -3.52. The highest BCUT2D eigenvalue weighted by Crippen LogP contribution is 2.28. The number of hydrogen-bond donors (Lipinski definition) is 0. The van der Waals surface area contributed by atoms with E-state index in [0.717, 1.165) is 22.5 Å². The molecule has 168 valence electrons. The molecule has 4 aromatic rings. The number of rotatable bonds is 8.